The Morgan fingerprint density at radius 1 is 1.39 bits per heavy atom. The number of para-hydroxylation sites is 1. The van der Waals surface area contributed by atoms with Gasteiger partial charge in [0.2, 0.25) is 0 Å². The van der Waals surface area contributed by atoms with E-state index >= 15 is 0 Å². The van der Waals surface area contributed by atoms with Gasteiger partial charge in [-0.3, -0.25) is 4.68 Å². The van der Waals surface area contributed by atoms with E-state index in [1.807, 2.05) is 23.0 Å². The first-order chi connectivity index (χ1) is 8.79. The average Bonchev–Trinajstić information content (AvgIpc) is 2.98. The van der Waals surface area contributed by atoms with E-state index in [-0.39, 0.29) is 6.04 Å². The third kappa shape index (κ3) is 1.98. The quantitative estimate of drug-likeness (QED) is 0.803. The van der Waals surface area contributed by atoms with Crippen LogP contribution < -0.4 is 5.73 Å². The third-order valence-electron chi connectivity index (χ3n) is 2.94. The fraction of sp³-hybridized carbons (Fsp3) is 0.154. The molecule has 0 saturated heterocycles. The minimum atomic E-state index is 0.0983. The van der Waals surface area contributed by atoms with Gasteiger partial charge in [0.1, 0.15) is 0 Å². The topological polar surface area (TPSA) is 43.8 Å². The Bertz CT molecular complexity index is 673. The van der Waals surface area contributed by atoms with Crippen molar-refractivity contribution in [2.45, 2.75) is 6.04 Å². The summed E-state index contributed by atoms with van der Waals surface area (Å²) in [5.41, 5.74) is 7.05. The molecule has 3 nitrogen and oxygen atoms in total. The van der Waals surface area contributed by atoms with Crippen LogP contribution >= 0.6 is 27.3 Å². The lowest BCUT2D eigenvalue weighted by Gasteiger charge is -2.14. The summed E-state index contributed by atoms with van der Waals surface area (Å²) in [6, 6.07) is 10.4. The zero-order valence-electron chi connectivity index (χ0n) is 9.58. The van der Waals surface area contributed by atoms with E-state index < -0.39 is 0 Å². The van der Waals surface area contributed by atoms with Gasteiger partial charge in [-0.25, -0.2) is 0 Å². The number of fused-ring (bicyclic) bond motifs is 1. The van der Waals surface area contributed by atoms with Gasteiger partial charge in [0.15, 0.2) is 0 Å². The van der Waals surface area contributed by atoms with E-state index in [9.17, 15) is 0 Å². The van der Waals surface area contributed by atoms with E-state index in [0.29, 0.717) is 6.54 Å². The van der Waals surface area contributed by atoms with Gasteiger partial charge >= 0.3 is 0 Å². The largest absolute Gasteiger partial charge is 0.328 e. The molecule has 0 saturated carbocycles. The van der Waals surface area contributed by atoms with Crippen LogP contribution in [0.4, 0.5) is 0 Å². The second kappa shape index (κ2) is 4.84. The van der Waals surface area contributed by atoms with E-state index in [2.05, 4.69) is 44.6 Å². The highest BCUT2D eigenvalue weighted by molar-refractivity contribution is 9.10. The second-order valence-electron chi connectivity index (χ2n) is 4.07. The molecule has 1 unspecified atom stereocenters. The molecule has 0 aliphatic rings. The van der Waals surface area contributed by atoms with Crippen LogP contribution in [0.1, 0.15) is 10.9 Å². The van der Waals surface area contributed by atoms with Crippen molar-refractivity contribution in [3.8, 4) is 0 Å². The molecule has 0 fully saturated rings. The fourth-order valence-electron chi connectivity index (χ4n) is 2.08. The monoisotopic (exact) mass is 321 g/mol. The van der Waals surface area contributed by atoms with E-state index in [0.717, 1.165) is 15.4 Å². The van der Waals surface area contributed by atoms with Crippen molar-refractivity contribution >= 4 is 38.2 Å². The summed E-state index contributed by atoms with van der Waals surface area (Å²) in [5.74, 6) is 0. The number of thiophene rings is 1. The highest BCUT2D eigenvalue weighted by atomic mass is 79.9. The Hall–Kier alpha value is -1.17. The first-order valence-corrected chi connectivity index (χ1v) is 7.33. The maximum absolute atomic E-state index is 5.93. The minimum absolute atomic E-state index is 0.0983. The van der Waals surface area contributed by atoms with Gasteiger partial charge < -0.3 is 5.73 Å². The summed E-state index contributed by atoms with van der Waals surface area (Å²) in [7, 11) is 0. The number of aromatic nitrogens is 2. The Balaban J connectivity index is 2.11. The van der Waals surface area contributed by atoms with Crippen LogP contribution in [0.2, 0.25) is 0 Å². The molecule has 0 aliphatic heterocycles. The Kier molecular flexibility index (Phi) is 3.20. The van der Waals surface area contributed by atoms with Crippen molar-refractivity contribution in [3.63, 3.8) is 0 Å². The first kappa shape index (κ1) is 11.9. The molecule has 92 valence electrons. The van der Waals surface area contributed by atoms with Gasteiger partial charge in [-0.2, -0.15) is 5.10 Å². The zero-order valence-corrected chi connectivity index (χ0v) is 12.0. The second-order valence-corrected chi connectivity index (χ2v) is 5.93. The molecular weight excluding hydrogens is 310 g/mol. The maximum Gasteiger partial charge on any atom is 0.0989 e. The molecule has 0 radical (unpaired) electrons. The van der Waals surface area contributed by atoms with Gasteiger partial charge in [0, 0.05) is 26.7 Å². The van der Waals surface area contributed by atoms with Crippen molar-refractivity contribution in [3.05, 3.63) is 51.3 Å². The maximum atomic E-state index is 5.93. The molecule has 2 heterocycles. The average molecular weight is 322 g/mol. The highest BCUT2D eigenvalue weighted by Gasteiger charge is 2.16. The van der Waals surface area contributed by atoms with Crippen LogP contribution in [0.3, 0.4) is 0 Å². The summed E-state index contributed by atoms with van der Waals surface area (Å²) in [6.45, 7) is 0.540. The molecule has 1 aromatic carbocycles. The molecule has 2 aromatic heterocycles. The molecule has 0 aliphatic carbocycles. The van der Waals surface area contributed by atoms with Crippen LogP contribution in [0.15, 0.2) is 46.4 Å². The predicted octanol–water partition coefficient (Wildman–Crippen LogP) is 3.41. The number of halogens is 1. The molecular formula is C13H12BrN3S. The Labute approximate surface area is 117 Å². The third-order valence-corrected chi connectivity index (χ3v) is 4.73. The smallest absolute Gasteiger partial charge is 0.0989 e. The van der Waals surface area contributed by atoms with Crippen molar-refractivity contribution in [2.24, 2.45) is 5.73 Å². The van der Waals surface area contributed by atoms with Crippen molar-refractivity contribution in [1.29, 1.82) is 0 Å². The Morgan fingerprint density at radius 3 is 2.94 bits per heavy atom. The minimum Gasteiger partial charge on any atom is -0.328 e. The fourth-order valence-corrected chi connectivity index (χ4v) is 3.62. The summed E-state index contributed by atoms with van der Waals surface area (Å²) >= 11 is 5.18. The van der Waals surface area contributed by atoms with Crippen molar-refractivity contribution in [1.82, 2.24) is 9.78 Å². The van der Waals surface area contributed by atoms with Crippen LogP contribution in [0.25, 0.3) is 10.9 Å². The van der Waals surface area contributed by atoms with Crippen LogP contribution in [0, 0.1) is 0 Å². The zero-order chi connectivity index (χ0) is 12.5. The number of nitrogens with two attached hydrogens (primary N) is 1. The molecule has 18 heavy (non-hydrogen) atoms. The molecule has 3 rings (SSSR count). The predicted molar refractivity (Wildman–Crippen MR) is 78.9 cm³/mol. The number of rotatable bonds is 3. The van der Waals surface area contributed by atoms with Crippen LogP contribution in [0.5, 0.6) is 0 Å². The van der Waals surface area contributed by atoms with Crippen molar-refractivity contribution in [2.75, 3.05) is 6.54 Å². The van der Waals surface area contributed by atoms with Crippen molar-refractivity contribution < 1.29 is 0 Å². The normalized spacial score (nSPS) is 13.0. The molecule has 0 bridgehead atoms. The van der Waals surface area contributed by atoms with E-state index in [1.54, 1.807) is 11.3 Å². The lowest BCUT2D eigenvalue weighted by Crippen LogP contribution is -2.20. The first-order valence-electron chi connectivity index (χ1n) is 5.66. The summed E-state index contributed by atoms with van der Waals surface area (Å²) in [4.78, 5) is 1.22. The Morgan fingerprint density at radius 2 is 2.22 bits per heavy atom. The lowest BCUT2D eigenvalue weighted by atomic mass is 10.2. The molecule has 0 amide bonds. The van der Waals surface area contributed by atoms with Crippen LogP contribution in [-0.4, -0.2) is 16.3 Å². The highest BCUT2D eigenvalue weighted by Crippen LogP contribution is 2.29. The number of benzene rings is 1. The number of nitrogens with zero attached hydrogens (tertiary/aromatic N) is 2. The van der Waals surface area contributed by atoms with Gasteiger partial charge in [0.25, 0.3) is 0 Å². The summed E-state index contributed by atoms with van der Waals surface area (Å²) in [6.07, 6.45) is 1.89. The molecule has 0 spiro atoms. The lowest BCUT2D eigenvalue weighted by molar-refractivity contribution is 0.557. The van der Waals surface area contributed by atoms with E-state index in [4.69, 9.17) is 5.73 Å². The van der Waals surface area contributed by atoms with Crippen LogP contribution in [-0.2, 0) is 0 Å². The summed E-state index contributed by atoms with van der Waals surface area (Å²) in [5, 5.41) is 7.70. The number of hydrogen-bond acceptors (Lipinski definition) is 3. The number of hydrogen-bond donors (Lipinski definition) is 1. The summed E-state index contributed by atoms with van der Waals surface area (Å²) < 4.78 is 3.10. The van der Waals surface area contributed by atoms with Gasteiger partial charge in [-0.15, -0.1) is 11.3 Å². The molecule has 1 atom stereocenters. The molecule has 5 heteroatoms. The molecule has 3 aromatic rings. The van der Waals surface area contributed by atoms with Gasteiger partial charge in [0.05, 0.1) is 17.8 Å². The standard InChI is InChI=1S/C13H12BrN3S/c14-10-5-13(18-8-10)12(6-15)17-11-4-2-1-3-9(11)7-16-17/h1-5,7-8,12H,6,15H2. The van der Waals surface area contributed by atoms with E-state index in [1.165, 1.54) is 4.88 Å². The van der Waals surface area contributed by atoms with Gasteiger partial charge in [-0.1, -0.05) is 18.2 Å². The SMILES string of the molecule is NCC(c1cc(Br)cs1)n1ncc2ccccc21. The van der Waals surface area contributed by atoms with Gasteiger partial charge in [-0.05, 0) is 28.1 Å². The molecule has 2 N–H and O–H groups in total.